The van der Waals surface area contributed by atoms with E-state index in [4.69, 9.17) is 29.5 Å². The third-order valence-electron chi connectivity index (χ3n) is 3.08. The number of hydrogen-bond donors (Lipinski definition) is 2. The second kappa shape index (κ2) is 20.8. The standard InChI is InChI=1S/C17H38N2O5/c1-17(2)5-10-24-19-7-4-9-21-12-14-23-16-15-22-13-11-20-8-3-6-18/h17,19H,3-16,18H2,1-2H3. The minimum absolute atomic E-state index is 0.581. The van der Waals surface area contributed by atoms with Gasteiger partial charge in [0.25, 0.3) is 0 Å². The topological polar surface area (TPSA) is 84.2 Å². The molecular formula is C17H38N2O5. The average molecular weight is 351 g/mol. The lowest BCUT2D eigenvalue weighted by atomic mass is 10.1. The van der Waals surface area contributed by atoms with Crippen molar-refractivity contribution >= 4 is 0 Å². The Kier molecular flexibility index (Phi) is 20.5. The van der Waals surface area contributed by atoms with Gasteiger partial charge in [0.05, 0.1) is 46.2 Å². The van der Waals surface area contributed by atoms with Gasteiger partial charge in [-0.1, -0.05) is 13.8 Å². The second-order valence-corrected chi connectivity index (χ2v) is 5.87. The maximum atomic E-state index is 5.47. The minimum Gasteiger partial charge on any atom is -0.379 e. The summed E-state index contributed by atoms with van der Waals surface area (Å²) in [4.78, 5) is 5.31. The molecular weight excluding hydrogens is 312 g/mol. The van der Waals surface area contributed by atoms with Crippen LogP contribution >= 0.6 is 0 Å². The third-order valence-corrected chi connectivity index (χ3v) is 3.08. The van der Waals surface area contributed by atoms with Gasteiger partial charge in [-0.05, 0) is 31.7 Å². The Labute approximate surface area is 147 Å². The summed E-state index contributed by atoms with van der Waals surface area (Å²) in [6.07, 6.45) is 2.89. The Morgan fingerprint density at radius 2 is 1.21 bits per heavy atom. The van der Waals surface area contributed by atoms with E-state index in [0.717, 1.165) is 32.4 Å². The number of rotatable bonds is 20. The first-order valence-corrected chi connectivity index (χ1v) is 9.13. The molecule has 0 amide bonds. The van der Waals surface area contributed by atoms with Gasteiger partial charge in [-0.25, -0.2) is 5.48 Å². The highest BCUT2D eigenvalue weighted by molar-refractivity contribution is 4.42. The molecule has 0 aliphatic heterocycles. The van der Waals surface area contributed by atoms with Crippen LogP contribution in [-0.2, 0) is 23.8 Å². The Balaban J connectivity index is 2.95. The number of nitrogens with two attached hydrogens (primary N) is 1. The molecule has 0 saturated carbocycles. The van der Waals surface area contributed by atoms with Gasteiger partial charge in [0.15, 0.2) is 0 Å². The molecule has 24 heavy (non-hydrogen) atoms. The normalized spacial score (nSPS) is 11.5. The van der Waals surface area contributed by atoms with Gasteiger partial charge in [-0.2, -0.15) is 0 Å². The summed E-state index contributed by atoms with van der Waals surface area (Å²) in [5.74, 6) is 0.676. The number of nitrogens with one attached hydrogen (secondary N) is 1. The molecule has 0 radical (unpaired) electrons. The summed E-state index contributed by atoms with van der Waals surface area (Å²) in [6.45, 7) is 11.6. The molecule has 0 aromatic heterocycles. The largest absolute Gasteiger partial charge is 0.379 e. The Morgan fingerprint density at radius 3 is 1.71 bits per heavy atom. The fraction of sp³-hybridized carbons (Fsp3) is 1.00. The molecule has 0 fully saturated rings. The van der Waals surface area contributed by atoms with E-state index in [9.17, 15) is 0 Å². The SMILES string of the molecule is CC(C)CCONCCCOCCOCCOCCOCCCN. The number of ether oxygens (including phenoxy) is 4. The van der Waals surface area contributed by atoms with Crippen LogP contribution in [0.15, 0.2) is 0 Å². The molecule has 0 spiro atoms. The summed E-state index contributed by atoms with van der Waals surface area (Å²) in [5, 5.41) is 0. The molecule has 146 valence electrons. The smallest absolute Gasteiger partial charge is 0.0701 e. The highest BCUT2D eigenvalue weighted by Gasteiger charge is 1.95. The van der Waals surface area contributed by atoms with Crippen LogP contribution in [0.4, 0.5) is 0 Å². The quantitative estimate of drug-likeness (QED) is 0.253. The predicted octanol–water partition coefficient (Wildman–Crippen LogP) is 1.36. The van der Waals surface area contributed by atoms with E-state index in [1.807, 2.05) is 0 Å². The Morgan fingerprint density at radius 1 is 0.708 bits per heavy atom. The highest BCUT2D eigenvalue weighted by atomic mass is 16.6. The van der Waals surface area contributed by atoms with E-state index < -0.39 is 0 Å². The van der Waals surface area contributed by atoms with Crippen molar-refractivity contribution in [3.05, 3.63) is 0 Å². The van der Waals surface area contributed by atoms with Crippen molar-refractivity contribution in [2.24, 2.45) is 11.7 Å². The molecule has 0 aromatic carbocycles. The maximum Gasteiger partial charge on any atom is 0.0701 e. The van der Waals surface area contributed by atoms with Gasteiger partial charge in [-0.3, -0.25) is 0 Å². The molecule has 0 aliphatic rings. The van der Waals surface area contributed by atoms with Gasteiger partial charge in [0.2, 0.25) is 0 Å². The van der Waals surface area contributed by atoms with Gasteiger partial charge in [-0.15, -0.1) is 0 Å². The summed E-state index contributed by atoms with van der Waals surface area (Å²) in [5.41, 5.74) is 8.31. The first-order valence-electron chi connectivity index (χ1n) is 9.13. The summed E-state index contributed by atoms with van der Waals surface area (Å²) < 4.78 is 21.6. The lowest BCUT2D eigenvalue weighted by Gasteiger charge is -2.08. The molecule has 0 rings (SSSR count). The first-order chi connectivity index (χ1) is 11.8. The fourth-order valence-corrected chi connectivity index (χ4v) is 1.63. The summed E-state index contributed by atoms with van der Waals surface area (Å²) in [6, 6.07) is 0. The molecule has 3 N–H and O–H groups in total. The van der Waals surface area contributed by atoms with Crippen LogP contribution in [0, 0.1) is 5.92 Å². The van der Waals surface area contributed by atoms with Gasteiger partial charge in [0, 0.05) is 19.8 Å². The molecule has 0 unspecified atom stereocenters. The van der Waals surface area contributed by atoms with E-state index >= 15 is 0 Å². The van der Waals surface area contributed by atoms with Crippen LogP contribution in [-0.4, -0.2) is 72.6 Å². The maximum absolute atomic E-state index is 5.47. The zero-order valence-corrected chi connectivity index (χ0v) is 15.6. The molecule has 0 aliphatic carbocycles. The monoisotopic (exact) mass is 350 g/mol. The van der Waals surface area contributed by atoms with Gasteiger partial charge < -0.3 is 29.5 Å². The molecule has 0 bridgehead atoms. The molecule has 7 nitrogen and oxygen atoms in total. The molecule has 0 aromatic rings. The summed E-state index contributed by atoms with van der Waals surface area (Å²) >= 11 is 0. The zero-order chi connectivity index (χ0) is 17.7. The number of hydroxylamine groups is 1. The van der Waals surface area contributed by atoms with Crippen molar-refractivity contribution in [1.29, 1.82) is 0 Å². The third kappa shape index (κ3) is 21.7. The van der Waals surface area contributed by atoms with E-state index in [-0.39, 0.29) is 0 Å². The fourth-order valence-electron chi connectivity index (χ4n) is 1.63. The van der Waals surface area contributed by atoms with Crippen LogP contribution in [0.5, 0.6) is 0 Å². The molecule has 0 saturated heterocycles. The van der Waals surface area contributed by atoms with Crippen LogP contribution in [0.2, 0.25) is 0 Å². The predicted molar refractivity (Wildman–Crippen MR) is 95.0 cm³/mol. The van der Waals surface area contributed by atoms with Crippen molar-refractivity contribution in [1.82, 2.24) is 5.48 Å². The van der Waals surface area contributed by atoms with Crippen LogP contribution < -0.4 is 11.2 Å². The van der Waals surface area contributed by atoms with Crippen molar-refractivity contribution < 1.29 is 23.8 Å². The van der Waals surface area contributed by atoms with E-state index in [1.165, 1.54) is 0 Å². The van der Waals surface area contributed by atoms with Crippen LogP contribution in [0.25, 0.3) is 0 Å². The van der Waals surface area contributed by atoms with E-state index in [2.05, 4.69) is 19.3 Å². The van der Waals surface area contributed by atoms with E-state index in [0.29, 0.717) is 65.3 Å². The van der Waals surface area contributed by atoms with Crippen molar-refractivity contribution in [2.45, 2.75) is 33.1 Å². The first kappa shape index (κ1) is 23.7. The van der Waals surface area contributed by atoms with Crippen LogP contribution in [0.1, 0.15) is 33.1 Å². The summed E-state index contributed by atoms with van der Waals surface area (Å²) in [7, 11) is 0. The van der Waals surface area contributed by atoms with Crippen LogP contribution in [0.3, 0.4) is 0 Å². The molecule has 0 heterocycles. The van der Waals surface area contributed by atoms with Crippen molar-refractivity contribution in [2.75, 3.05) is 72.6 Å². The average Bonchev–Trinajstić information content (AvgIpc) is 2.56. The minimum atomic E-state index is 0.581. The number of hydrogen-bond acceptors (Lipinski definition) is 7. The molecule has 7 heteroatoms. The lowest BCUT2D eigenvalue weighted by Crippen LogP contribution is -2.19. The zero-order valence-electron chi connectivity index (χ0n) is 15.6. The van der Waals surface area contributed by atoms with Crippen molar-refractivity contribution in [3.63, 3.8) is 0 Å². The van der Waals surface area contributed by atoms with Crippen molar-refractivity contribution in [3.8, 4) is 0 Å². The Bertz CT molecular complexity index is 233. The van der Waals surface area contributed by atoms with Gasteiger partial charge >= 0.3 is 0 Å². The Hall–Kier alpha value is -0.280. The van der Waals surface area contributed by atoms with E-state index in [1.54, 1.807) is 0 Å². The molecule has 0 atom stereocenters. The highest BCUT2D eigenvalue weighted by Crippen LogP contribution is 1.97. The lowest BCUT2D eigenvalue weighted by molar-refractivity contribution is -0.00465. The van der Waals surface area contributed by atoms with Gasteiger partial charge in [0.1, 0.15) is 0 Å². The second-order valence-electron chi connectivity index (χ2n) is 5.87.